The highest BCUT2D eigenvalue weighted by Gasteiger charge is 2.47. The predicted octanol–water partition coefficient (Wildman–Crippen LogP) is 1.47. The largest absolute Gasteiger partial charge is 0.394 e. The molecule has 1 aromatic carbocycles. The minimum Gasteiger partial charge on any atom is -0.394 e. The smallest absolute Gasteiger partial charge is 0.0626 e. The second-order valence-corrected chi connectivity index (χ2v) is 5.44. The molecule has 17 heavy (non-hydrogen) atoms. The van der Waals surface area contributed by atoms with Crippen molar-refractivity contribution in [2.75, 3.05) is 6.61 Å². The summed E-state index contributed by atoms with van der Waals surface area (Å²) < 4.78 is 0. The standard InChI is InChI=1S/C14H21NO2/c1-14(2)12(8-13(14)17)15-11(9-16)10-6-4-3-5-7-10/h3-7,11-13,15-17H,8-9H2,1-2H3/t11-,12?,13?/m1/s1. The molecule has 1 aliphatic carbocycles. The van der Waals surface area contributed by atoms with Gasteiger partial charge in [-0.3, -0.25) is 0 Å². The molecule has 94 valence electrons. The van der Waals surface area contributed by atoms with E-state index in [1.54, 1.807) is 0 Å². The van der Waals surface area contributed by atoms with Crippen molar-refractivity contribution in [3.05, 3.63) is 35.9 Å². The van der Waals surface area contributed by atoms with Gasteiger partial charge in [0.05, 0.1) is 18.8 Å². The molecule has 0 amide bonds. The third-order valence-electron chi connectivity index (χ3n) is 4.00. The van der Waals surface area contributed by atoms with E-state index in [4.69, 9.17) is 0 Å². The van der Waals surface area contributed by atoms with Gasteiger partial charge >= 0.3 is 0 Å². The van der Waals surface area contributed by atoms with Crippen molar-refractivity contribution in [2.24, 2.45) is 5.41 Å². The highest BCUT2D eigenvalue weighted by molar-refractivity contribution is 5.20. The van der Waals surface area contributed by atoms with E-state index >= 15 is 0 Å². The molecule has 1 fully saturated rings. The lowest BCUT2D eigenvalue weighted by Crippen LogP contribution is -2.60. The van der Waals surface area contributed by atoms with Crippen LogP contribution in [-0.2, 0) is 0 Å². The first kappa shape index (κ1) is 12.6. The molecule has 2 unspecified atom stereocenters. The summed E-state index contributed by atoms with van der Waals surface area (Å²) in [6.45, 7) is 4.18. The van der Waals surface area contributed by atoms with Crippen LogP contribution in [0.25, 0.3) is 0 Å². The van der Waals surface area contributed by atoms with Gasteiger partial charge in [0.25, 0.3) is 0 Å². The fourth-order valence-electron chi connectivity index (χ4n) is 2.37. The Hall–Kier alpha value is -0.900. The molecule has 0 heterocycles. The van der Waals surface area contributed by atoms with E-state index < -0.39 is 0 Å². The highest BCUT2D eigenvalue weighted by atomic mass is 16.3. The second-order valence-electron chi connectivity index (χ2n) is 5.44. The van der Waals surface area contributed by atoms with Crippen molar-refractivity contribution in [3.63, 3.8) is 0 Å². The molecule has 1 aliphatic rings. The first-order chi connectivity index (χ1) is 8.05. The van der Waals surface area contributed by atoms with Crippen LogP contribution in [0, 0.1) is 5.41 Å². The van der Waals surface area contributed by atoms with Gasteiger partial charge in [-0.05, 0) is 12.0 Å². The Balaban J connectivity index is 2.02. The maximum atomic E-state index is 9.70. The normalized spacial score (nSPS) is 28.5. The molecule has 3 N–H and O–H groups in total. The Morgan fingerprint density at radius 1 is 1.35 bits per heavy atom. The molecular formula is C14H21NO2. The molecule has 1 saturated carbocycles. The van der Waals surface area contributed by atoms with Gasteiger partial charge in [-0.2, -0.15) is 0 Å². The van der Waals surface area contributed by atoms with Gasteiger partial charge < -0.3 is 15.5 Å². The zero-order chi connectivity index (χ0) is 12.5. The number of hydrogen-bond donors (Lipinski definition) is 3. The minimum atomic E-state index is -0.241. The van der Waals surface area contributed by atoms with Gasteiger partial charge in [-0.15, -0.1) is 0 Å². The van der Waals surface area contributed by atoms with E-state index in [9.17, 15) is 10.2 Å². The van der Waals surface area contributed by atoms with Crippen LogP contribution in [0.4, 0.5) is 0 Å². The van der Waals surface area contributed by atoms with Crippen LogP contribution < -0.4 is 5.32 Å². The van der Waals surface area contributed by atoms with Crippen molar-refractivity contribution in [2.45, 2.75) is 38.5 Å². The monoisotopic (exact) mass is 235 g/mol. The van der Waals surface area contributed by atoms with E-state index in [0.29, 0.717) is 0 Å². The summed E-state index contributed by atoms with van der Waals surface area (Å²) in [4.78, 5) is 0. The number of nitrogens with one attached hydrogen (secondary N) is 1. The third kappa shape index (κ3) is 2.37. The van der Waals surface area contributed by atoms with Gasteiger partial charge in [-0.25, -0.2) is 0 Å². The van der Waals surface area contributed by atoms with E-state index in [-0.39, 0.29) is 30.2 Å². The Labute approximate surface area is 102 Å². The first-order valence-electron chi connectivity index (χ1n) is 6.15. The Morgan fingerprint density at radius 2 is 2.00 bits per heavy atom. The summed E-state index contributed by atoms with van der Waals surface area (Å²) in [5.41, 5.74) is 0.981. The van der Waals surface area contributed by atoms with E-state index in [0.717, 1.165) is 12.0 Å². The fraction of sp³-hybridized carbons (Fsp3) is 0.571. The number of aliphatic hydroxyl groups is 2. The van der Waals surface area contributed by atoms with Gasteiger partial charge in [0.15, 0.2) is 0 Å². The average molecular weight is 235 g/mol. The van der Waals surface area contributed by atoms with Crippen LogP contribution in [0.5, 0.6) is 0 Å². The summed E-state index contributed by atoms with van der Waals surface area (Å²) in [7, 11) is 0. The molecule has 0 radical (unpaired) electrons. The molecular weight excluding hydrogens is 214 g/mol. The minimum absolute atomic E-state index is 0.0482. The van der Waals surface area contributed by atoms with Crippen molar-refractivity contribution in [1.82, 2.24) is 5.32 Å². The second kappa shape index (κ2) is 4.77. The van der Waals surface area contributed by atoms with E-state index in [1.165, 1.54) is 0 Å². The Morgan fingerprint density at radius 3 is 2.47 bits per heavy atom. The van der Waals surface area contributed by atoms with Crippen molar-refractivity contribution in [3.8, 4) is 0 Å². The highest BCUT2D eigenvalue weighted by Crippen LogP contribution is 2.41. The number of benzene rings is 1. The Kier molecular flexibility index (Phi) is 3.52. The first-order valence-corrected chi connectivity index (χ1v) is 6.15. The maximum absolute atomic E-state index is 9.70. The molecule has 0 bridgehead atoms. The maximum Gasteiger partial charge on any atom is 0.0626 e. The van der Waals surface area contributed by atoms with Crippen molar-refractivity contribution >= 4 is 0 Å². The predicted molar refractivity (Wildman–Crippen MR) is 67.6 cm³/mol. The SMILES string of the molecule is CC1(C)C(O)CC1N[C@H](CO)c1ccccc1. The fourth-order valence-corrected chi connectivity index (χ4v) is 2.37. The topological polar surface area (TPSA) is 52.5 Å². The van der Waals surface area contributed by atoms with Crippen LogP contribution in [-0.4, -0.2) is 29.0 Å². The molecule has 0 spiro atoms. The summed E-state index contributed by atoms with van der Waals surface area (Å²) >= 11 is 0. The van der Waals surface area contributed by atoms with Gasteiger partial charge in [0.2, 0.25) is 0 Å². The molecule has 3 heteroatoms. The van der Waals surface area contributed by atoms with Crippen LogP contribution in [0.2, 0.25) is 0 Å². The van der Waals surface area contributed by atoms with Crippen molar-refractivity contribution in [1.29, 1.82) is 0 Å². The molecule has 3 nitrogen and oxygen atoms in total. The third-order valence-corrected chi connectivity index (χ3v) is 4.00. The number of rotatable bonds is 4. The molecule has 0 saturated heterocycles. The van der Waals surface area contributed by atoms with Crippen LogP contribution in [0.15, 0.2) is 30.3 Å². The summed E-state index contributed by atoms with van der Waals surface area (Å²) in [6.07, 6.45) is 0.520. The van der Waals surface area contributed by atoms with Crippen LogP contribution in [0.3, 0.4) is 0 Å². The van der Waals surface area contributed by atoms with Gasteiger partial charge in [0.1, 0.15) is 0 Å². The van der Waals surface area contributed by atoms with Crippen LogP contribution >= 0.6 is 0 Å². The lowest BCUT2D eigenvalue weighted by atomic mass is 9.64. The molecule has 3 atom stereocenters. The molecule has 0 aliphatic heterocycles. The zero-order valence-corrected chi connectivity index (χ0v) is 10.4. The lowest BCUT2D eigenvalue weighted by molar-refractivity contribution is -0.0777. The lowest BCUT2D eigenvalue weighted by Gasteiger charge is -2.50. The van der Waals surface area contributed by atoms with E-state index in [1.807, 2.05) is 30.3 Å². The number of hydrogen-bond acceptors (Lipinski definition) is 3. The molecule has 1 aromatic rings. The van der Waals surface area contributed by atoms with Crippen molar-refractivity contribution < 1.29 is 10.2 Å². The summed E-state index contributed by atoms with van der Waals surface area (Å²) in [5.74, 6) is 0. The zero-order valence-electron chi connectivity index (χ0n) is 10.4. The summed E-state index contributed by atoms with van der Waals surface area (Å²) in [6, 6.07) is 10.1. The molecule has 0 aromatic heterocycles. The van der Waals surface area contributed by atoms with Gasteiger partial charge in [0, 0.05) is 11.5 Å². The van der Waals surface area contributed by atoms with E-state index in [2.05, 4.69) is 19.2 Å². The average Bonchev–Trinajstić information content (AvgIpc) is 2.35. The number of aliphatic hydroxyl groups excluding tert-OH is 2. The quantitative estimate of drug-likeness (QED) is 0.740. The van der Waals surface area contributed by atoms with Gasteiger partial charge in [-0.1, -0.05) is 44.2 Å². The van der Waals surface area contributed by atoms with Crippen LogP contribution in [0.1, 0.15) is 31.9 Å². The molecule has 2 rings (SSSR count). The summed E-state index contributed by atoms with van der Waals surface area (Å²) in [5, 5.41) is 22.6. The Bertz CT molecular complexity index is 364.